The molecular formula is C31H35N7O2. The summed E-state index contributed by atoms with van der Waals surface area (Å²) in [5.74, 6) is 1.75. The maximum atomic E-state index is 13.1. The molecule has 2 aliphatic rings. The lowest BCUT2D eigenvalue weighted by atomic mass is 10.1. The van der Waals surface area contributed by atoms with Crippen molar-refractivity contribution in [2.24, 2.45) is 5.73 Å². The number of hydrogen-bond donors (Lipinski definition) is 2. The summed E-state index contributed by atoms with van der Waals surface area (Å²) in [6.07, 6.45) is 8.00. The number of aromatic nitrogens is 3. The lowest BCUT2D eigenvalue weighted by molar-refractivity contribution is -0.132. The van der Waals surface area contributed by atoms with Crippen molar-refractivity contribution in [3.63, 3.8) is 0 Å². The van der Waals surface area contributed by atoms with Gasteiger partial charge in [0.15, 0.2) is 0 Å². The number of nitrogens with two attached hydrogens (primary N) is 1. The van der Waals surface area contributed by atoms with Crippen molar-refractivity contribution in [1.82, 2.24) is 19.9 Å². The molecule has 2 fully saturated rings. The average molecular weight is 538 g/mol. The van der Waals surface area contributed by atoms with Gasteiger partial charge in [-0.15, -0.1) is 0 Å². The molecule has 206 valence electrons. The summed E-state index contributed by atoms with van der Waals surface area (Å²) < 4.78 is 5.49. The Hall–Kier alpha value is -4.08. The predicted octanol–water partition coefficient (Wildman–Crippen LogP) is 3.50. The number of amides is 1. The minimum absolute atomic E-state index is 0.000569. The fourth-order valence-corrected chi connectivity index (χ4v) is 5.52. The van der Waals surface area contributed by atoms with Crippen molar-refractivity contribution in [1.29, 1.82) is 0 Å². The Bertz CT molecular complexity index is 1450. The number of carbonyl (C=O) groups excluding carboxylic acids is 1. The van der Waals surface area contributed by atoms with Gasteiger partial charge >= 0.3 is 0 Å². The minimum Gasteiger partial charge on any atom is -0.381 e. The first-order valence-electron chi connectivity index (χ1n) is 14.0. The van der Waals surface area contributed by atoms with Crippen LogP contribution in [0.2, 0.25) is 0 Å². The molecule has 1 atom stereocenters. The number of fused-ring (bicyclic) bond motifs is 1. The van der Waals surface area contributed by atoms with Crippen molar-refractivity contribution in [2.75, 3.05) is 49.6 Å². The molecule has 4 aromatic rings. The summed E-state index contributed by atoms with van der Waals surface area (Å²) in [4.78, 5) is 31.3. The van der Waals surface area contributed by atoms with E-state index >= 15 is 0 Å². The van der Waals surface area contributed by atoms with E-state index in [-0.39, 0.29) is 5.91 Å². The van der Waals surface area contributed by atoms with Crippen LogP contribution in [0.15, 0.2) is 73.2 Å². The number of pyridine rings is 3. The molecule has 1 aromatic carbocycles. The van der Waals surface area contributed by atoms with Crippen LogP contribution >= 0.6 is 0 Å². The molecule has 0 saturated carbocycles. The van der Waals surface area contributed by atoms with Crippen molar-refractivity contribution < 1.29 is 9.53 Å². The van der Waals surface area contributed by atoms with Crippen LogP contribution in [0.25, 0.3) is 22.0 Å². The zero-order valence-electron chi connectivity index (χ0n) is 22.6. The number of rotatable bonds is 7. The lowest BCUT2D eigenvalue weighted by Gasteiger charge is -2.37. The molecule has 1 unspecified atom stereocenters. The van der Waals surface area contributed by atoms with Gasteiger partial charge in [0.2, 0.25) is 5.91 Å². The second-order valence-corrected chi connectivity index (χ2v) is 10.5. The van der Waals surface area contributed by atoms with Crippen LogP contribution in [-0.2, 0) is 16.0 Å². The smallest absolute Gasteiger partial charge is 0.239 e. The highest BCUT2D eigenvalue weighted by molar-refractivity contribution is 5.94. The topological polar surface area (TPSA) is 110 Å². The molecule has 3 aromatic heterocycles. The third-order valence-electron chi connectivity index (χ3n) is 7.75. The monoisotopic (exact) mass is 537 g/mol. The largest absolute Gasteiger partial charge is 0.381 e. The first kappa shape index (κ1) is 26.2. The maximum Gasteiger partial charge on any atom is 0.239 e. The summed E-state index contributed by atoms with van der Waals surface area (Å²) in [6, 6.07) is 17.9. The Morgan fingerprint density at radius 2 is 1.82 bits per heavy atom. The van der Waals surface area contributed by atoms with Crippen LogP contribution < -0.4 is 16.0 Å². The molecule has 40 heavy (non-hydrogen) atoms. The van der Waals surface area contributed by atoms with Gasteiger partial charge in [0.1, 0.15) is 11.6 Å². The van der Waals surface area contributed by atoms with Crippen molar-refractivity contribution >= 4 is 28.3 Å². The number of anilines is 2. The van der Waals surface area contributed by atoms with E-state index in [1.807, 2.05) is 59.8 Å². The van der Waals surface area contributed by atoms with Crippen LogP contribution in [0.5, 0.6) is 0 Å². The molecule has 6 rings (SSSR count). The number of ether oxygens (including phenoxy) is 1. The van der Waals surface area contributed by atoms with Crippen molar-refractivity contribution in [2.45, 2.75) is 31.3 Å². The summed E-state index contributed by atoms with van der Waals surface area (Å²) in [5, 5.41) is 5.64. The van der Waals surface area contributed by atoms with E-state index in [9.17, 15) is 4.79 Å². The molecule has 5 heterocycles. The highest BCUT2D eigenvalue weighted by Gasteiger charge is 2.27. The van der Waals surface area contributed by atoms with E-state index in [1.165, 1.54) is 0 Å². The maximum absolute atomic E-state index is 13.1. The van der Waals surface area contributed by atoms with Gasteiger partial charge in [0.25, 0.3) is 0 Å². The third-order valence-corrected chi connectivity index (χ3v) is 7.75. The highest BCUT2D eigenvalue weighted by Crippen LogP contribution is 2.31. The van der Waals surface area contributed by atoms with Crippen molar-refractivity contribution in [3.8, 4) is 11.3 Å². The summed E-state index contributed by atoms with van der Waals surface area (Å²) in [6.45, 7) is 4.13. The normalized spacial score (nSPS) is 17.1. The van der Waals surface area contributed by atoms with Crippen LogP contribution in [0.1, 0.15) is 18.4 Å². The molecule has 0 aliphatic carbocycles. The summed E-state index contributed by atoms with van der Waals surface area (Å²) >= 11 is 0. The number of hydrogen-bond acceptors (Lipinski definition) is 8. The molecule has 0 bridgehead atoms. The number of nitrogens with one attached hydrogen (secondary N) is 1. The van der Waals surface area contributed by atoms with Gasteiger partial charge in [-0.1, -0.05) is 30.3 Å². The van der Waals surface area contributed by atoms with Gasteiger partial charge in [-0.3, -0.25) is 9.78 Å². The van der Waals surface area contributed by atoms with E-state index in [0.717, 1.165) is 65.3 Å². The number of carbonyl (C=O) groups is 1. The Morgan fingerprint density at radius 3 is 2.62 bits per heavy atom. The van der Waals surface area contributed by atoms with Gasteiger partial charge in [-0.05, 0) is 49.1 Å². The first-order chi connectivity index (χ1) is 19.6. The summed E-state index contributed by atoms with van der Waals surface area (Å²) in [5.41, 5.74) is 9.26. The van der Waals surface area contributed by atoms with Gasteiger partial charge in [-0.25, -0.2) is 9.97 Å². The van der Waals surface area contributed by atoms with Gasteiger partial charge in [-0.2, -0.15) is 0 Å². The third kappa shape index (κ3) is 5.90. The van der Waals surface area contributed by atoms with Crippen LogP contribution in [0.4, 0.5) is 11.6 Å². The van der Waals surface area contributed by atoms with E-state index in [0.29, 0.717) is 38.6 Å². The van der Waals surface area contributed by atoms with E-state index < -0.39 is 6.04 Å². The van der Waals surface area contributed by atoms with Crippen molar-refractivity contribution in [3.05, 3.63) is 78.8 Å². The highest BCUT2D eigenvalue weighted by atomic mass is 16.5. The molecule has 9 heteroatoms. The molecule has 9 nitrogen and oxygen atoms in total. The zero-order chi connectivity index (χ0) is 27.3. The molecule has 0 radical (unpaired) electrons. The van der Waals surface area contributed by atoms with Crippen LogP contribution in [0.3, 0.4) is 0 Å². The minimum atomic E-state index is -0.544. The van der Waals surface area contributed by atoms with E-state index in [2.05, 4.69) is 32.3 Å². The van der Waals surface area contributed by atoms with Gasteiger partial charge < -0.3 is 25.6 Å². The lowest BCUT2D eigenvalue weighted by Crippen LogP contribution is -2.53. The SMILES string of the molecule is NC(Cc1ccccc1)C(=O)N1CCN(c2nc(-c3ccnc(NC4CCOCC4)c3)cc3cnccc23)CC1. The second kappa shape index (κ2) is 12.0. The molecule has 0 spiro atoms. The first-order valence-corrected chi connectivity index (χ1v) is 14.0. The van der Waals surface area contributed by atoms with Gasteiger partial charge in [0.05, 0.1) is 11.7 Å². The van der Waals surface area contributed by atoms with Crippen LogP contribution in [0, 0.1) is 0 Å². The number of piperazine rings is 1. The second-order valence-electron chi connectivity index (χ2n) is 10.5. The molecule has 2 aliphatic heterocycles. The molecule has 1 amide bonds. The Morgan fingerprint density at radius 1 is 1.02 bits per heavy atom. The molecule has 2 saturated heterocycles. The fourth-order valence-electron chi connectivity index (χ4n) is 5.52. The van der Waals surface area contributed by atoms with Crippen LogP contribution in [-0.4, -0.2) is 77.2 Å². The Balaban J connectivity index is 1.19. The molecule has 3 N–H and O–H groups in total. The number of benzene rings is 1. The zero-order valence-corrected chi connectivity index (χ0v) is 22.6. The predicted molar refractivity (Wildman–Crippen MR) is 157 cm³/mol. The quantitative estimate of drug-likeness (QED) is 0.369. The fraction of sp³-hybridized carbons (Fsp3) is 0.355. The average Bonchev–Trinajstić information content (AvgIpc) is 3.01. The summed E-state index contributed by atoms with van der Waals surface area (Å²) in [7, 11) is 0. The Labute approximate surface area is 234 Å². The standard InChI is InChI=1S/C31H35N7O2/c32-27(18-22-4-2-1-3-5-22)31(39)38-14-12-37(13-15-38)30-26-7-10-33-21-24(26)19-28(36-30)23-6-11-34-29(20-23)35-25-8-16-40-17-9-25/h1-7,10-11,19-21,25,27H,8-9,12-18,32H2,(H,34,35). The Kier molecular flexibility index (Phi) is 7.83. The van der Waals surface area contributed by atoms with E-state index in [4.69, 9.17) is 15.5 Å². The van der Waals surface area contributed by atoms with Gasteiger partial charge in [0, 0.05) is 80.4 Å². The van der Waals surface area contributed by atoms with E-state index in [1.54, 1.807) is 6.20 Å². The number of nitrogens with zero attached hydrogens (tertiary/aromatic N) is 5. The molecular weight excluding hydrogens is 502 g/mol.